The quantitative estimate of drug-likeness (QED) is 0.522. The van der Waals surface area contributed by atoms with Gasteiger partial charge in [0, 0.05) is 22.9 Å². The van der Waals surface area contributed by atoms with Crippen LogP contribution in [0.1, 0.15) is 19.7 Å². The number of amides is 1. The summed E-state index contributed by atoms with van der Waals surface area (Å²) in [6.07, 6.45) is 0. The summed E-state index contributed by atoms with van der Waals surface area (Å²) in [5.74, 6) is 0.748. The second-order valence-electron chi connectivity index (χ2n) is 6.12. The summed E-state index contributed by atoms with van der Waals surface area (Å²) in [4.78, 5) is 12.4. The van der Waals surface area contributed by atoms with Crippen LogP contribution < -0.4 is 10.6 Å². The van der Waals surface area contributed by atoms with Crippen LogP contribution in [0.25, 0.3) is 0 Å². The normalized spacial score (nSPS) is 11.8. The predicted molar refractivity (Wildman–Crippen MR) is 115 cm³/mol. The molecule has 1 aromatic heterocycles. The highest BCUT2D eigenvalue weighted by Crippen LogP contribution is 2.24. The molecule has 0 fully saturated rings. The van der Waals surface area contributed by atoms with Crippen LogP contribution in [0.5, 0.6) is 0 Å². The number of thioether (sulfide) groups is 1. The number of aromatic nitrogens is 3. The van der Waals surface area contributed by atoms with Crippen LogP contribution in [-0.2, 0) is 17.9 Å². The highest BCUT2D eigenvalue weighted by molar-refractivity contribution is 8.00. The largest absolute Gasteiger partial charge is 0.378 e. The van der Waals surface area contributed by atoms with E-state index < -0.39 is 0 Å². The third kappa shape index (κ3) is 5.27. The number of halogens is 1. The molecule has 1 amide bonds. The lowest BCUT2D eigenvalue weighted by atomic mass is 10.3. The minimum Gasteiger partial charge on any atom is -0.378 e. The van der Waals surface area contributed by atoms with Crippen LogP contribution in [0, 0.1) is 0 Å². The first-order valence-corrected chi connectivity index (χ1v) is 10.3. The zero-order valence-electron chi connectivity index (χ0n) is 15.7. The molecule has 3 aromatic rings. The van der Waals surface area contributed by atoms with Gasteiger partial charge in [-0.3, -0.25) is 4.79 Å². The first-order chi connectivity index (χ1) is 13.6. The molecule has 146 valence electrons. The molecule has 1 heterocycles. The SMILES string of the molecule is CCn1c(CNc2ccc(Cl)cc2)nnc1SC(C)C(=O)Nc1ccccc1. The Morgan fingerprint density at radius 2 is 1.82 bits per heavy atom. The van der Waals surface area contributed by atoms with E-state index in [1.807, 2.05) is 73.0 Å². The number of carbonyl (C=O) groups excluding carboxylic acids is 1. The van der Waals surface area contributed by atoms with Crippen molar-refractivity contribution in [2.24, 2.45) is 0 Å². The van der Waals surface area contributed by atoms with Gasteiger partial charge >= 0.3 is 0 Å². The van der Waals surface area contributed by atoms with Gasteiger partial charge in [0.25, 0.3) is 0 Å². The monoisotopic (exact) mass is 415 g/mol. The molecule has 0 spiro atoms. The summed E-state index contributed by atoms with van der Waals surface area (Å²) in [6.45, 7) is 5.16. The van der Waals surface area contributed by atoms with Gasteiger partial charge in [-0.1, -0.05) is 41.6 Å². The summed E-state index contributed by atoms with van der Waals surface area (Å²) in [5, 5.41) is 15.9. The van der Waals surface area contributed by atoms with E-state index in [0.717, 1.165) is 28.9 Å². The highest BCUT2D eigenvalue weighted by atomic mass is 35.5. The second kappa shape index (κ2) is 9.61. The average Bonchev–Trinajstić information content (AvgIpc) is 3.09. The van der Waals surface area contributed by atoms with Crippen molar-refractivity contribution < 1.29 is 4.79 Å². The molecule has 0 aliphatic carbocycles. The lowest BCUT2D eigenvalue weighted by Crippen LogP contribution is -2.23. The van der Waals surface area contributed by atoms with E-state index >= 15 is 0 Å². The molecule has 3 rings (SSSR count). The fraction of sp³-hybridized carbons (Fsp3) is 0.250. The number of anilines is 2. The van der Waals surface area contributed by atoms with Crippen LogP contribution in [0.15, 0.2) is 59.8 Å². The Bertz CT molecular complexity index is 914. The van der Waals surface area contributed by atoms with Crippen LogP contribution in [0.3, 0.4) is 0 Å². The van der Waals surface area contributed by atoms with Crippen molar-refractivity contribution in [3.05, 3.63) is 65.4 Å². The molecule has 6 nitrogen and oxygen atoms in total. The van der Waals surface area contributed by atoms with E-state index in [-0.39, 0.29) is 11.2 Å². The fourth-order valence-corrected chi connectivity index (χ4v) is 3.64. The third-order valence-corrected chi connectivity index (χ3v) is 5.43. The lowest BCUT2D eigenvalue weighted by Gasteiger charge is -2.13. The second-order valence-corrected chi connectivity index (χ2v) is 7.86. The molecule has 1 unspecified atom stereocenters. The molecule has 8 heteroatoms. The molecule has 0 bridgehead atoms. The van der Waals surface area contributed by atoms with E-state index in [1.165, 1.54) is 11.8 Å². The first-order valence-electron chi connectivity index (χ1n) is 9.01. The molecule has 28 heavy (non-hydrogen) atoms. The Morgan fingerprint density at radius 3 is 2.50 bits per heavy atom. The number of benzene rings is 2. The van der Waals surface area contributed by atoms with Crippen LogP contribution in [0.4, 0.5) is 11.4 Å². The van der Waals surface area contributed by atoms with Crippen molar-refractivity contribution in [3.8, 4) is 0 Å². The highest BCUT2D eigenvalue weighted by Gasteiger charge is 2.19. The number of rotatable bonds is 8. The minimum absolute atomic E-state index is 0.0670. The molecular formula is C20H22ClN5OS. The Labute approximate surface area is 173 Å². The van der Waals surface area contributed by atoms with Gasteiger partial charge < -0.3 is 15.2 Å². The van der Waals surface area contributed by atoms with Crippen LogP contribution in [-0.4, -0.2) is 25.9 Å². The smallest absolute Gasteiger partial charge is 0.237 e. The van der Waals surface area contributed by atoms with E-state index in [4.69, 9.17) is 11.6 Å². The Morgan fingerprint density at radius 1 is 1.11 bits per heavy atom. The van der Waals surface area contributed by atoms with Crippen LogP contribution in [0.2, 0.25) is 5.02 Å². The average molecular weight is 416 g/mol. The molecular weight excluding hydrogens is 394 g/mol. The number of hydrogen-bond donors (Lipinski definition) is 2. The standard InChI is InChI=1S/C20H22ClN5OS/c1-3-26-18(13-22-16-11-9-15(21)10-12-16)24-25-20(26)28-14(2)19(27)23-17-7-5-4-6-8-17/h4-12,14,22H,3,13H2,1-2H3,(H,23,27). The molecule has 2 aromatic carbocycles. The fourth-order valence-electron chi connectivity index (χ4n) is 2.58. The summed E-state index contributed by atoms with van der Waals surface area (Å²) >= 11 is 7.31. The Kier molecular flexibility index (Phi) is 6.95. The maximum atomic E-state index is 12.4. The van der Waals surface area contributed by atoms with Gasteiger partial charge in [0.15, 0.2) is 11.0 Å². The van der Waals surface area contributed by atoms with Gasteiger partial charge in [-0.15, -0.1) is 10.2 Å². The number of nitrogens with zero attached hydrogens (tertiary/aromatic N) is 3. The molecule has 0 saturated carbocycles. The van der Waals surface area contributed by atoms with Crippen molar-refractivity contribution in [1.82, 2.24) is 14.8 Å². The van der Waals surface area contributed by atoms with Gasteiger partial charge in [0.1, 0.15) is 0 Å². The van der Waals surface area contributed by atoms with Crippen molar-refractivity contribution in [1.29, 1.82) is 0 Å². The van der Waals surface area contributed by atoms with Gasteiger partial charge in [-0.05, 0) is 50.2 Å². The van der Waals surface area contributed by atoms with Crippen molar-refractivity contribution >= 4 is 40.6 Å². The van der Waals surface area contributed by atoms with Gasteiger partial charge in [0.2, 0.25) is 5.91 Å². The lowest BCUT2D eigenvalue weighted by molar-refractivity contribution is -0.115. The Hall–Kier alpha value is -2.51. The maximum absolute atomic E-state index is 12.4. The molecule has 2 N–H and O–H groups in total. The Balaban J connectivity index is 1.62. The number of nitrogens with one attached hydrogen (secondary N) is 2. The van der Waals surface area contributed by atoms with E-state index in [0.29, 0.717) is 11.6 Å². The summed E-state index contributed by atoms with van der Waals surface area (Å²) in [6, 6.07) is 16.9. The molecule has 1 atom stereocenters. The topological polar surface area (TPSA) is 71.8 Å². The number of carbonyl (C=O) groups is 1. The first kappa shape index (κ1) is 20.2. The summed E-state index contributed by atoms with van der Waals surface area (Å²) < 4.78 is 2.01. The molecule has 0 aliphatic rings. The van der Waals surface area contributed by atoms with Gasteiger partial charge in [-0.2, -0.15) is 0 Å². The van der Waals surface area contributed by atoms with E-state index in [2.05, 4.69) is 20.8 Å². The zero-order valence-corrected chi connectivity index (χ0v) is 17.3. The van der Waals surface area contributed by atoms with Crippen molar-refractivity contribution in [3.63, 3.8) is 0 Å². The van der Waals surface area contributed by atoms with Crippen molar-refractivity contribution in [2.75, 3.05) is 10.6 Å². The number of hydrogen-bond acceptors (Lipinski definition) is 5. The van der Waals surface area contributed by atoms with E-state index in [9.17, 15) is 4.79 Å². The predicted octanol–water partition coefficient (Wildman–Crippen LogP) is 4.68. The molecule has 0 aliphatic heterocycles. The summed E-state index contributed by atoms with van der Waals surface area (Å²) in [7, 11) is 0. The summed E-state index contributed by atoms with van der Waals surface area (Å²) in [5.41, 5.74) is 1.74. The van der Waals surface area contributed by atoms with Crippen LogP contribution >= 0.6 is 23.4 Å². The van der Waals surface area contributed by atoms with Gasteiger partial charge in [-0.25, -0.2) is 0 Å². The minimum atomic E-state index is -0.299. The molecule has 0 saturated heterocycles. The number of para-hydroxylation sites is 1. The maximum Gasteiger partial charge on any atom is 0.237 e. The van der Waals surface area contributed by atoms with Gasteiger partial charge in [0.05, 0.1) is 11.8 Å². The van der Waals surface area contributed by atoms with Crippen molar-refractivity contribution in [2.45, 2.75) is 37.3 Å². The molecule has 0 radical (unpaired) electrons. The van der Waals surface area contributed by atoms with E-state index in [1.54, 1.807) is 0 Å². The third-order valence-electron chi connectivity index (χ3n) is 4.10. The zero-order chi connectivity index (χ0) is 19.9.